The van der Waals surface area contributed by atoms with E-state index in [0.29, 0.717) is 0 Å². The number of halogens is 1. The van der Waals surface area contributed by atoms with Crippen LogP contribution in [0.15, 0.2) is 28.7 Å². The predicted molar refractivity (Wildman–Crippen MR) is 62.0 cm³/mol. The van der Waals surface area contributed by atoms with Crippen molar-refractivity contribution in [2.45, 2.75) is 6.42 Å². The Balaban J connectivity index is 2.78. The van der Waals surface area contributed by atoms with Crippen molar-refractivity contribution in [3.63, 3.8) is 0 Å². The van der Waals surface area contributed by atoms with Crippen molar-refractivity contribution in [2.75, 3.05) is 7.11 Å². The minimum absolute atomic E-state index is 0.0262. The van der Waals surface area contributed by atoms with Gasteiger partial charge in [0.25, 0.3) is 0 Å². The van der Waals surface area contributed by atoms with Gasteiger partial charge in [0.1, 0.15) is 5.75 Å². The number of benzene rings is 1. The molecule has 0 unspecified atom stereocenters. The summed E-state index contributed by atoms with van der Waals surface area (Å²) in [7, 11) is 1.59. The number of ether oxygens (including phenoxy) is 1. The average molecular weight is 271 g/mol. The Kier molecular flexibility index (Phi) is 4.37. The Morgan fingerprint density at radius 2 is 2.33 bits per heavy atom. The van der Waals surface area contributed by atoms with Crippen molar-refractivity contribution in [1.82, 2.24) is 0 Å². The molecule has 0 saturated heterocycles. The molecular formula is C11H11BrO3. The molecule has 0 saturated carbocycles. The van der Waals surface area contributed by atoms with E-state index in [1.807, 2.05) is 18.2 Å². The van der Waals surface area contributed by atoms with E-state index in [2.05, 4.69) is 15.9 Å². The number of rotatable bonds is 4. The van der Waals surface area contributed by atoms with Gasteiger partial charge in [0.05, 0.1) is 18.0 Å². The SMILES string of the molecule is COc1cc(C=CCC(=O)O)ccc1Br. The second-order valence-electron chi connectivity index (χ2n) is 2.89. The Morgan fingerprint density at radius 3 is 2.93 bits per heavy atom. The van der Waals surface area contributed by atoms with Gasteiger partial charge < -0.3 is 9.84 Å². The van der Waals surface area contributed by atoms with Crippen LogP contribution < -0.4 is 4.74 Å². The summed E-state index contributed by atoms with van der Waals surface area (Å²) in [6.07, 6.45) is 3.38. The quantitative estimate of drug-likeness (QED) is 0.915. The Labute approximate surface area is 96.5 Å². The molecular weight excluding hydrogens is 260 g/mol. The normalized spacial score (nSPS) is 10.5. The molecule has 1 rings (SSSR count). The number of methoxy groups -OCH3 is 1. The van der Waals surface area contributed by atoms with Crippen molar-refractivity contribution < 1.29 is 14.6 Å². The molecule has 0 aliphatic carbocycles. The first-order valence-electron chi connectivity index (χ1n) is 4.35. The lowest BCUT2D eigenvalue weighted by Gasteiger charge is -2.03. The maximum atomic E-state index is 10.3. The second kappa shape index (κ2) is 5.56. The third-order valence-corrected chi connectivity index (χ3v) is 2.43. The van der Waals surface area contributed by atoms with Gasteiger partial charge in [-0.2, -0.15) is 0 Å². The summed E-state index contributed by atoms with van der Waals surface area (Å²) in [5, 5.41) is 8.45. The molecule has 0 radical (unpaired) electrons. The number of hydrogen-bond acceptors (Lipinski definition) is 2. The minimum atomic E-state index is -0.838. The van der Waals surface area contributed by atoms with Gasteiger partial charge >= 0.3 is 5.97 Å². The first-order valence-corrected chi connectivity index (χ1v) is 5.14. The van der Waals surface area contributed by atoms with E-state index in [0.717, 1.165) is 15.8 Å². The molecule has 0 bridgehead atoms. The maximum Gasteiger partial charge on any atom is 0.307 e. The summed E-state index contributed by atoms with van der Waals surface area (Å²) >= 11 is 3.34. The van der Waals surface area contributed by atoms with Crippen molar-refractivity contribution in [2.24, 2.45) is 0 Å². The van der Waals surface area contributed by atoms with E-state index in [4.69, 9.17) is 9.84 Å². The molecule has 3 nitrogen and oxygen atoms in total. The first kappa shape index (κ1) is 11.8. The highest BCUT2D eigenvalue weighted by atomic mass is 79.9. The van der Waals surface area contributed by atoms with Crippen LogP contribution in [0.5, 0.6) is 5.75 Å². The standard InChI is InChI=1S/C11H11BrO3/c1-15-10-7-8(5-6-9(10)12)3-2-4-11(13)14/h2-3,5-7H,4H2,1H3,(H,13,14). The van der Waals surface area contributed by atoms with Gasteiger partial charge in [0.2, 0.25) is 0 Å². The van der Waals surface area contributed by atoms with Crippen LogP contribution in [-0.4, -0.2) is 18.2 Å². The summed E-state index contributed by atoms with van der Waals surface area (Å²) in [5.41, 5.74) is 0.913. The highest BCUT2D eigenvalue weighted by molar-refractivity contribution is 9.10. The molecule has 0 heterocycles. The zero-order chi connectivity index (χ0) is 11.3. The molecule has 80 valence electrons. The van der Waals surface area contributed by atoms with E-state index >= 15 is 0 Å². The fourth-order valence-corrected chi connectivity index (χ4v) is 1.48. The Hall–Kier alpha value is -1.29. The largest absolute Gasteiger partial charge is 0.496 e. The van der Waals surface area contributed by atoms with Gasteiger partial charge in [-0.3, -0.25) is 4.79 Å². The van der Waals surface area contributed by atoms with Crippen LogP contribution in [0.25, 0.3) is 6.08 Å². The molecule has 0 aromatic heterocycles. The number of carbonyl (C=O) groups is 1. The maximum absolute atomic E-state index is 10.3. The molecule has 0 amide bonds. The fraction of sp³-hybridized carbons (Fsp3) is 0.182. The van der Waals surface area contributed by atoms with Gasteiger partial charge in [-0.05, 0) is 33.6 Å². The highest BCUT2D eigenvalue weighted by Gasteiger charge is 1.99. The predicted octanol–water partition coefficient (Wildman–Crippen LogP) is 2.95. The molecule has 0 fully saturated rings. The molecule has 1 aromatic carbocycles. The van der Waals surface area contributed by atoms with Crippen LogP contribution in [0.2, 0.25) is 0 Å². The number of carboxylic acids is 1. The third-order valence-electron chi connectivity index (χ3n) is 1.78. The summed E-state index contributed by atoms with van der Waals surface area (Å²) in [6.45, 7) is 0. The monoisotopic (exact) mass is 270 g/mol. The molecule has 4 heteroatoms. The average Bonchev–Trinajstić information content (AvgIpc) is 2.20. The van der Waals surface area contributed by atoms with E-state index in [1.54, 1.807) is 19.3 Å². The summed E-state index contributed by atoms with van der Waals surface area (Å²) in [4.78, 5) is 10.3. The number of carboxylic acid groups (broad SMARTS) is 1. The molecule has 0 spiro atoms. The van der Waals surface area contributed by atoms with Gasteiger partial charge in [-0.25, -0.2) is 0 Å². The molecule has 15 heavy (non-hydrogen) atoms. The summed E-state index contributed by atoms with van der Waals surface area (Å²) in [5.74, 6) is -0.109. The topological polar surface area (TPSA) is 46.5 Å². The summed E-state index contributed by atoms with van der Waals surface area (Å²) in [6, 6.07) is 5.58. The fourth-order valence-electron chi connectivity index (χ4n) is 1.08. The third kappa shape index (κ3) is 3.75. The van der Waals surface area contributed by atoms with Crippen LogP contribution in [0.4, 0.5) is 0 Å². The first-order chi connectivity index (χ1) is 7.13. The van der Waals surface area contributed by atoms with E-state index < -0.39 is 5.97 Å². The lowest BCUT2D eigenvalue weighted by molar-refractivity contribution is -0.135. The van der Waals surface area contributed by atoms with Crippen LogP contribution in [0.1, 0.15) is 12.0 Å². The zero-order valence-electron chi connectivity index (χ0n) is 8.24. The van der Waals surface area contributed by atoms with Crippen molar-refractivity contribution >= 4 is 28.0 Å². The van der Waals surface area contributed by atoms with Crippen LogP contribution >= 0.6 is 15.9 Å². The zero-order valence-corrected chi connectivity index (χ0v) is 9.82. The van der Waals surface area contributed by atoms with E-state index in [-0.39, 0.29) is 6.42 Å². The lowest BCUT2D eigenvalue weighted by Crippen LogP contribution is -1.89. The van der Waals surface area contributed by atoms with E-state index in [9.17, 15) is 4.79 Å². The van der Waals surface area contributed by atoms with Gasteiger partial charge in [0, 0.05) is 0 Å². The molecule has 1 N–H and O–H groups in total. The van der Waals surface area contributed by atoms with Crippen LogP contribution in [0.3, 0.4) is 0 Å². The second-order valence-corrected chi connectivity index (χ2v) is 3.75. The Bertz CT molecular complexity index is 385. The summed E-state index contributed by atoms with van der Waals surface area (Å²) < 4.78 is 5.99. The molecule has 0 aliphatic heterocycles. The van der Waals surface area contributed by atoms with Gasteiger partial charge in [0.15, 0.2) is 0 Å². The van der Waals surface area contributed by atoms with Crippen molar-refractivity contribution in [3.05, 3.63) is 34.3 Å². The minimum Gasteiger partial charge on any atom is -0.496 e. The van der Waals surface area contributed by atoms with E-state index in [1.165, 1.54) is 0 Å². The molecule has 0 aliphatic rings. The van der Waals surface area contributed by atoms with Crippen LogP contribution in [-0.2, 0) is 4.79 Å². The Morgan fingerprint density at radius 1 is 1.60 bits per heavy atom. The molecule has 1 aromatic rings. The van der Waals surface area contributed by atoms with Crippen molar-refractivity contribution in [1.29, 1.82) is 0 Å². The van der Waals surface area contributed by atoms with Crippen molar-refractivity contribution in [3.8, 4) is 5.75 Å². The number of hydrogen-bond donors (Lipinski definition) is 1. The van der Waals surface area contributed by atoms with Gasteiger partial charge in [-0.1, -0.05) is 18.2 Å². The highest BCUT2D eigenvalue weighted by Crippen LogP contribution is 2.26. The van der Waals surface area contributed by atoms with Crippen LogP contribution in [0, 0.1) is 0 Å². The molecule has 0 atom stereocenters. The smallest absolute Gasteiger partial charge is 0.307 e. The number of aliphatic carboxylic acids is 1. The van der Waals surface area contributed by atoms with Gasteiger partial charge in [-0.15, -0.1) is 0 Å². The lowest BCUT2D eigenvalue weighted by atomic mass is 10.2.